The Morgan fingerprint density at radius 2 is 1.92 bits per heavy atom. The van der Waals surface area contributed by atoms with Crippen LogP contribution in [0.1, 0.15) is 50.5 Å². The van der Waals surface area contributed by atoms with Crippen molar-refractivity contribution in [3.05, 3.63) is 30.1 Å². The van der Waals surface area contributed by atoms with E-state index >= 15 is 0 Å². The molecule has 1 saturated carbocycles. The quantitative estimate of drug-likeness (QED) is 0.568. The topological polar surface area (TPSA) is 113 Å². The molecule has 0 unspecified atom stereocenters. The van der Waals surface area contributed by atoms with Crippen molar-refractivity contribution in [2.45, 2.75) is 57.4 Å². The Morgan fingerprint density at radius 1 is 1.08 bits per heavy atom. The molecule has 0 aromatic carbocycles. The number of carbonyl (C=O) groups is 2. The van der Waals surface area contributed by atoms with Crippen LogP contribution in [0.3, 0.4) is 0 Å². The van der Waals surface area contributed by atoms with E-state index in [0.29, 0.717) is 43.6 Å². The number of hydrogen-bond acceptors (Lipinski definition) is 8. The number of aromatic nitrogens is 3. The van der Waals surface area contributed by atoms with E-state index in [2.05, 4.69) is 25.5 Å². The number of rotatable bonds is 7. The summed E-state index contributed by atoms with van der Waals surface area (Å²) >= 11 is 0. The Labute approximate surface area is 210 Å². The van der Waals surface area contributed by atoms with E-state index in [9.17, 15) is 9.59 Å². The zero-order valence-corrected chi connectivity index (χ0v) is 20.5. The molecule has 190 valence electrons. The fraction of sp³-hybridized carbons (Fsp3) is 0.577. The molecule has 2 aromatic rings. The molecule has 3 fully saturated rings. The smallest absolute Gasteiger partial charge is 0.244 e. The normalized spacial score (nSPS) is 24.4. The molecular weight excluding hydrogens is 458 g/mol. The minimum Gasteiger partial charge on any atom is -0.476 e. The van der Waals surface area contributed by atoms with Gasteiger partial charge in [-0.1, -0.05) is 12.8 Å². The summed E-state index contributed by atoms with van der Waals surface area (Å²) in [4.78, 5) is 44.4. The van der Waals surface area contributed by atoms with E-state index in [1.165, 1.54) is 12.8 Å². The minimum absolute atomic E-state index is 0.0724. The second-order valence-electron chi connectivity index (χ2n) is 10.3. The van der Waals surface area contributed by atoms with Crippen LogP contribution in [-0.4, -0.2) is 70.5 Å². The molecule has 0 bridgehead atoms. The van der Waals surface area contributed by atoms with Crippen LogP contribution >= 0.6 is 0 Å². The van der Waals surface area contributed by atoms with Crippen LogP contribution in [-0.2, 0) is 16.0 Å². The Hall–Kier alpha value is -3.27. The Bertz CT molecular complexity index is 1130. The van der Waals surface area contributed by atoms with Gasteiger partial charge in [-0.15, -0.1) is 0 Å². The van der Waals surface area contributed by atoms with Crippen molar-refractivity contribution in [1.82, 2.24) is 25.2 Å². The van der Waals surface area contributed by atoms with Crippen LogP contribution in [0.5, 0.6) is 5.88 Å². The second kappa shape index (κ2) is 9.65. The molecular formula is C26H33N7O3. The molecule has 4 aliphatic rings. The third-order valence-electron chi connectivity index (χ3n) is 8.00. The van der Waals surface area contributed by atoms with Gasteiger partial charge >= 0.3 is 0 Å². The summed E-state index contributed by atoms with van der Waals surface area (Å²) in [5.41, 5.74) is 0.564. The van der Waals surface area contributed by atoms with Gasteiger partial charge in [0.15, 0.2) is 0 Å². The highest BCUT2D eigenvalue weighted by Gasteiger charge is 2.56. The fourth-order valence-electron chi connectivity index (χ4n) is 6.02. The standard InChI is InChI=1S/C26H33N7O3/c34-23-26(9-10-27-23)15-18-16-29-25(31-22(18)33(24(26)35)20-5-1-2-6-20)30-19-7-8-21(28-17-19)36-14-13-32-11-3-4-12-32/h7-8,16-17,20H,1-6,9-15H2,(H,27,34)(H,29,30,31)/t26-/m0/s1. The van der Waals surface area contributed by atoms with Gasteiger partial charge in [-0.25, -0.2) is 9.97 Å². The number of anilines is 3. The molecule has 2 amide bonds. The lowest BCUT2D eigenvalue weighted by Crippen LogP contribution is -2.56. The Kier molecular flexibility index (Phi) is 6.20. The van der Waals surface area contributed by atoms with Gasteiger partial charge < -0.3 is 15.4 Å². The first-order valence-corrected chi connectivity index (χ1v) is 13.2. The van der Waals surface area contributed by atoms with E-state index in [1.807, 2.05) is 12.1 Å². The molecule has 10 heteroatoms. The van der Waals surface area contributed by atoms with Crippen molar-refractivity contribution in [2.75, 3.05) is 43.0 Å². The number of amides is 2. The number of nitrogens with zero attached hydrogens (tertiary/aromatic N) is 5. The lowest BCUT2D eigenvalue weighted by molar-refractivity contribution is -0.140. The van der Waals surface area contributed by atoms with Gasteiger partial charge in [0.05, 0.1) is 11.9 Å². The van der Waals surface area contributed by atoms with E-state index in [4.69, 9.17) is 9.72 Å². The van der Waals surface area contributed by atoms with Crippen LogP contribution < -0.4 is 20.3 Å². The molecule has 3 aliphatic heterocycles. The predicted octanol–water partition coefficient (Wildman–Crippen LogP) is 2.43. The first kappa shape index (κ1) is 23.1. The fourth-order valence-corrected chi connectivity index (χ4v) is 6.02. The van der Waals surface area contributed by atoms with Gasteiger partial charge in [0.2, 0.25) is 23.6 Å². The van der Waals surface area contributed by atoms with Gasteiger partial charge in [-0.3, -0.25) is 19.4 Å². The molecule has 10 nitrogen and oxygen atoms in total. The lowest BCUT2D eigenvalue weighted by Gasteiger charge is -2.40. The second-order valence-corrected chi connectivity index (χ2v) is 10.3. The number of ether oxygens (including phenoxy) is 1. The summed E-state index contributed by atoms with van der Waals surface area (Å²) in [6.07, 6.45) is 10.9. The molecule has 5 heterocycles. The van der Waals surface area contributed by atoms with Crippen LogP contribution in [0.25, 0.3) is 0 Å². The Balaban J connectivity index is 1.18. The molecule has 1 atom stereocenters. The van der Waals surface area contributed by atoms with Crippen molar-refractivity contribution >= 4 is 29.3 Å². The molecule has 1 aliphatic carbocycles. The number of carbonyl (C=O) groups excluding carboxylic acids is 2. The van der Waals surface area contributed by atoms with Gasteiger partial charge in [0.25, 0.3) is 0 Å². The molecule has 2 aromatic heterocycles. The number of nitrogens with one attached hydrogen (secondary N) is 2. The number of fused-ring (bicyclic) bond motifs is 1. The molecule has 0 radical (unpaired) electrons. The molecule has 1 spiro atoms. The van der Waals surface area contributed by atoms with Crippen LogP contribution in [0.15, 0.2) is 24.5 Å². The van der Waals surface area contributed by atoms with Crippen molar-refractivity contribution < 1.29 is 14.3 Å². The predicted molar refractivity (Wildman–Crippen MR) is 134 cm³/mol. The maximum absolute atomic E-state index is 13.7. The summed E-state index contributed by atoms with van der Waals surface area (Å²) in [6.45, 7) is 4.38. The van der Waals surface area contributed by atoms with Crippen molar-refractivity contribution in [2.24, 2.45) is 5.41 Å². The third-order valence-corrected chi connectivity index (χ3v) is 8.00. The van der Waals surface area contributed by atoms with Crippen molar-refractivity contribution in [3.63, 3.8) is 0 Å². The number of likely N-dealkylation sites (tertiary alicyclic amines) is 1. The summed E-state index contributed by atoms with van der Waals surface area (Å²) < 4.78 is 5.80. The summed E-state index contributed by atoms with van der Waals surface area (Å²) in [5, 5.41) is 6.08. The summed E-state index contributed by atoms with van der Waals surface area (Å²) in [5.74, 6) is 1.34. The summed E-state index contributed by atoms with van der Waals surface area (Å²) in [6, 6.07) is 3.79. The maximum atomic E-state index is 13.7. The van der Waals surface area contributed by atoms with Gasteiger partial charge in [-0.2, -0.15) is 4.98 Å². The highest BCUT2D eigenvalue weighted by molar-refractivity contribution is 6.14. The SMILES string of the molecule is O=C1NCC[C@]12Cc1cnc(Nc3ccc(OCCN4CCCC4)nc3)nc1N(C1CCCC1)C2=O. The molecule has 2 saturated heterocycles. The van der Waals surface area contributed by atoms with E-state index < -0.39 is 5.41 Å². The average molecular weight is 492 g/mol. The molecule has 6 rings (SSSR count). The lowest BCUT2D eigenvalue weighted by atomic mass is 9.76. The van der Waals surface area contributed by atoms with Crippen molar-refractivity contribution in [3.8, 4) is 5.88 Å². The van der Waals surface area contributed by atoms with Crippen LogP contribution in [0, 0.1) is 5.41 Å². The van der Waals surface area contributed by atoms with E-state index in [-0.39, 0.29) is 17.9 Å². The largest absolute Gasteiger partial charge is 0.476 e. The zero-order valence-electron chi connectivity index (χ0n) is 20.5. The highest BCUT2D eigenvalue weighted by Crippen LogP contribution is 2.44. The Morgan fingerprint density at radius 3 is 2.64 bits per heavy atom. The number of hydrogen-bond donors (Lipinski definition) is 2. The molecule has 36 heavy (non-hydrogen) atoms. The maximum Gasteiger partial charge on any atom is 0.244 e. The summed E-state index contributed by atoms with van der Waals surface area (Å²) in [7, 11) is 0. The molecule has 2 N–H and O–H groups in total. The average Bonchev–Trinajstić information content (AvgIpc) is 3.66. The monoisotopic (exact) mass is 491 g/mol. The minimum atomic E-state index is -1.03. The van der Waals surface area contributed by atoms with Gasteiger partial charge in [0, 0.05) is 43.4 Å². The van der Waals surface area contributed by atoms with Gasteiger partial charge in [0.1, 0.15) is 17.8 Å². The van der Waals surface area contributed by atoms with Crippen LogP contribution in [0.4, 0.5) is 17.5 Å². The van der Waals surface area contributed by atoms with E-state index in [0.717, 1.165) is 56.6 Å². The first-order chi connectivity index (χ1) is 17.6. The van der Waals surface area contributed by atoms with Gasteiger partial charge in [-0.05, 0) is 51.3 Å². The first-order valence-electron chi connectivity index (χ1n) is 13.2. The third kappa shape index (κ3) is 4.27. The van der Waals surface area contributed by atoms with Crippen molar-refractivity contribution in [1.29, 1.82) is 0 Å². The number of pyridine rings is 1. The van der Waals surface area contributed by atoms with Crippen LogP contribution in [0.2, 0.25) is 0 Å². The van der Waals surface area contributed by atoms with E-state index in [1.54, 1.807) is 17.3 Å². The highest BCUT2D eigenvalue weighted by atomic mass is 16.5. The zero-order chi connectivity index (χ0) is 24.5.